The number of hydrogen-bond donors (Lipinski definition) is 0. The molecule has 3 aromatic carbocycles. The number of ketones is 1. The molecule has 0 N–H and O–H groups in total. The second-order valence-electron chi connectivity index (χ2n) is 7.26. The van der Waals surface area contributed by atoms with Crippen molar-refractivity contribution in [3.8, 4) is 5.75 Å². The lowest BCUT2D eigenvalue weighted by atomic mass is 10.0. The fourth-order valence-electron chi connectivity index (χ4n) is 3.72. The smallest absolute Gasteiger partial charge is 0.185 e. The molecule has 0 saturated carbocycles. The van der Waals surface area contributed by atoms with E-state index in [0.29, 0.717) is 5.56 Å². The minimum Gasteiger partial charge on any atom is -0.497 e. The van der Waals surface area contributed by atoms with Crippen LogP contribution in [-0.4, -0.2) is 26.0 Å². The molecular formula is C25H25NO2. The second kappa shape index (κ2) is 8.30. The van der Waals surface area contributed by atoms with E-state index in [9.17, 15) is 4.79 Å². The minimum absolute atomic E-state index is 0.0119. The number of carbonyl (C=O) groups excluding carboxylic acids is 1. The number of hydrogen-bond acceptors (Lipinski definition) is 3. The van der Waals surface area contributed by atoms with E-state index in [0.717, 1.165) is 35.2 Å². The molecule has 1 fully saturated rings. The van der Waals surface area contributed by atoms with E-state index in [1.54, 1.807) is 13.2 Å². The SMILES string of the molecule is COc1ccc2cc(C(=O)C=Cc3ccc(N4CCCCC4)cc3)ccc2c1. The van der Waals surface area contributed by atoms with Gasteiger partial charge in [0, 0.05) is 24.3 Å². The van der Waals surface area contributed by atoms with E-state index in [-0.39, 0.29) is 5.78 Å². The third kappa shape index (κ3) is 4.09. The van der Waals surface area contributed by atoms with Crippen LogP contribution in [0.25, 0.3) is 16.8 Å². The van der Waals surface area contributed by atoms with Crippen molar-refractivity contribution in [1.29, 1.82) is 0 Å². The molecule has 1 aliphatic heterocycles. The van der Waals surface area contributed by atoms with E-state index in [1.807, 2.05) is 42.5 Å². The molecule has 28 heavy (non-hydrogen) atoms. The lowest BCUT2D eigenvalue weighted by molar-refractivity contribution is 0.104. The number of methoxy groups -OCH3 is 1. The molecule has 0 aliphatic carbocycles. The van der Waals surface area contributed by atoms with Crippen LogP contribution in [0.5, 0.6) is 5.75 Å². The van der Waals surface area contributed by atoms with E-state index in [2.05, 4.69) is 29.2 Å². The summed E-state index contributed by atoms with van der Waals surface area (Å²) in [4.78, 5) is 15.0. The van der Waals surface area contributed by atoms with E-state index in [1.165, 1.54) is 24.9 Å². The summed E-state index contributed by atoms with van der Waals surface area (Å²) >= 11 is 0. The zero-order chi connectivity index (χ0) is 19.3. The first kappa shape index (κ1) is 18.3. The molecule has 142 valence electrons. The Kier molecular flexibility index (Phi) is 5.43. The first-order valence-corrected chi connectivity index (χ1v) is 9.88. The average molecular weight is 371 g/mol. The Balaban J connectivity index is 1.46. The topological polar surface area (TPSA) is 29.5 Å². The van der Waals surface area contributed by atoms with Crippen molar-refractivity contribution in [2.45, 2.75) is 19.3 Å². The van der Waals surface area contributed by atoms with Crippen molar-refractivity contribution in [3.63, 3.8) is 0 Å². The maximum Gasteiger partial charge on any atom is 0.185 e. The van der Waals surface area contributed by atoms with Gasteiger partial charge in [-0.2, -0.15) is 0 Å². The first-order chi connectivity index (χ1) is 13.7. The Bertz CT molecular complexity index is 999. The largest absolute Gasteiger partial charge is 0.497 e. The Morgan fingerprint density at radius 1 is 0.893 bits per heavy atom. The van der Waals surface area contributed by atoms with Crippen LogP contribution in [0.4, 0.5) is 5.69 Å². The molecule has 0 aromatic heterocycles. The van der Waals surface area contributed by atoms with Gasteiger partial charge in [-0.15, -0.1) is 0 Å². The number of benzene rings is 3. The van der Waals surface area contributed by atoms with Gasteiger partial charge in [0.2, 0.25) is 0 Å². The molecule has 3 nitrogen and oxygen atoms in total. The maximum atomic E-state index is 12.6. The van der Waals surface area contributed by atoms with Gasteiger partial charge in [0.1, 0.15) is 5.75 Å². The summed E-state index contributed by atoms with van der Waals surface area (Å²) in [7, 11) is 1.66. The molecule has 1 saturated heterocycles. The normalized spacial score (nSPS) is 14.5. The number of nitrogens with zero attached hydrogens (tertiary/aromatic N) is 1. The zero-order valence-corrected chi connectivity index (χ0v) is 16.2. The standard InChI is InChI=1S/C25H25NO2/c1-28-24-13-10-20-17-22(9-8-21(20)18-24)25(27)14-7-19-5-11-23(12-6-19)26-15-3-2-4-16-26/h5-14,17-18H,2-4,15-16H2,1H3. The van der Waals surface area contributed by atoms with Gasteiger partial charge in [0.15, 0.2) is 5.78 Å². The Hall–Kier alpha value is -3.07. The van der Waals surface area contributed by atoms with Crippen molar-refractivity contribution < 1.29 is 9.53 Å². The Morgan fingerprint density at radius 3 is 2.36 bits per heavy atom. The van der Waals surface area contributed by atoms with Gasteiger partial charge >= 0.3 is 0 Å². The van der Waals surface area contributed by atoms with Crippen LogP contribution in [0.2, 0.25) is 0 Å². The van der Waals surface area contributed by atoms with Crippen LogP contribution in [0.15, 0.2) is 66.7 Å². The molecule has 0 amide bonds. The highest BCUT2D eigenvalue weighted by Crippen LogP contribution is 2.23. The summed E-state index contributed by atoms with van der Waals surface area (Å²) in [6.07, 6.45) is 7.42. The number of carbonyl (C=O) groups is 1. The van der Waals surface area contributed by atoms with E-state index in [4.69, 9.17) is 4.74 Å². The van der Waals surface area contributed by atoms with E-state index >= 15 is 0 Å². The third-order valence-corrected chi connectivity index (χ3v) is 5.37. The van der Waals surface area contributed by atoms with Gasteiger partial charge in [-0.3, -0.25) is 4.79 Å². The van der Waals surface area contributed by atoms with Crippen molar-refractivity contribution in [1.82, 2.24) is 0 Å². The average Bonchev–Trinajstić information content (AvgIpc) is 2.77. The third-order valence-electron chi connectivity index (χ3n) is 5.37. The highest BCUT2D eigenvalue weighted by atomic mass is 16.5. The summed E-state index contributed by atoms with van der Waals surface area (Å²) in [6.45, 7) is 2.28. The molecule has 0 atom stereocenters. The van der Waals surface area contributed by atoms with Gasteiger partial charge in [-0.25, -0.2) is 0 Å². The van der Waals surface area contributed by atoms with Crippen LogP contribution < -0.4 is 9.64 Å². The van der Waals surface area contributed by atoms with Crippen LogP contribution in [0.1, 0.15) is 35.2 Å². The van der Waals surface area contributed by atoms with E-state index < -0.39 is 0 Å². The van der Waals surface area contributed by atoms with Crippen LogP contribution in [-0.2, 0) is 0 Å². The molecule has 4 rings (SSSR count). The van der Waals surface area contributed by atoms with Gasteiger partial charge in [-0.05, 0) is 72.0 Å². The molecule has 3 aromatic rings. The molecular weight excluding hydrogens is 346 g/mol. The number of allylic oxidation sites excluding steroid dienone is 1. The first-order valence-electron chi connectivity index (χ1n) is 9.88. The lowest BCUT2D eigenvalue weighted by Crippen LogP contribution is -2.29. The fraction of sp³-hybridized carbons (Fsp3) is 0.240. The van der Waals surface area contributed by atoms with Crippen LogP contribution in [0, 0.1) is 0 Å². The molecule has 0 radical (unpaired) electrons. The second-order valence-corrected chi connectivity index (χ2v) is 7.26. The molecule has 3 heteroatoms. The molecule has 1 heterocycles. The summed E-state index contributed by atoms with van der Waals surface area (Å²) in [5, 5.41) is 2.10. The van der Waals surface area contributed by atoms with Gasteiger partial charge < -0.3 is 9.64 Å². The zero-order valence-electron chi connectivity index (χ0n) is 16.2. The van der Waals surface area contributed by atoms with Crippen molar-refractivity contribution in [2.75, 3.05) is 25.1 Å². The molecule has 0 unspecified atom stereocenters. The maximum absolute atomic E-state index is 12.6. The number of piperidine rings is 1. The van der Waals surface area contributed by atoms with Crippen molar-refractivity contribution in [2.24, 2.45) is 0 Å². The van der Waals surface area contributed by atoms with Crippen molar-refractivity contribution >= 4 is 28.3 Å². The summed E-state index contributed by atoms with van der Waals surface area (Å²) in [5.41, 5.74) is 3.01. The number of fused-ring (bicyclic) bond motifs is 1. The summed E-state index contributed by atoms with van der Waals surface area (Å²) in [5.74, 6) is 0.831. The number of anilines is 1. The minimum atomic E-state index is 0.0119. The van der Waals surface area contributed by atoms with Crippen molar-refractivity contribution in [3.05, 3.63) is 77.9 Å². The van der Waals surface area contributed by atoms with Crippen LogP contribution >= 0.6 is 0 Å². The van der Waals surface area contributed by atoms with Gasteiger partial charge in [0.25, 0.3) is 0 Å². The quantitative estimate of drug-likeness (QED) is 0.423. The van der Waals surface area contributed by atoms with Gasteiger partial charge in [0.05, 0.1) is 7.11 Å². The predicted molar refractivity (Wildman–Crippen MR) is 116 cm³/mol. The highest BCUT2D eigenvalue weighted by molar-refractivity contribution is 6.08. The fourth-order valence-corrected chi connectivity index (χ4v) is 3.72. The highest BCUT2D eigenvalue weighted by Gasteiger charge is 2.10. The monoisotopic (exact) mass is 371 g/mol. The predicted octanol–water partition coefficient (Wildman–Crippen LogP) is 5.73. The summed E-state index contributed by atoms with van der Waals surface area (Å²) in [6, 6.07) is 20.1. The Labute approximate surface area is 166 Å². The molecule has 0 spiro atoms. The molecule has 0 bridgehead atoms. The molecule has 1 aliphatic rings. The van der Waals surface area contributed by atoms with Crippen LogP contribution in [0.3, 0.4) is 0 Å². The number of rotatable bonds is 5. The lowest BCUT2D eigenvalue weighted by Gasteiger charge is -2.28. The van der Waals surface area contributed by atoms with Gasteiger partial charge in [-0.1, -0.05) is 36.4 Å². The summed E-state index contributed by atoms with van der Waals surface area (Å²) < 4.78 is 5.25. The number of ether oxygens (including phenoxy) is 1. The Morgan fingerprint density at radius 2 is 1.61 bits per heavy atom.